The molecule has 1 amide bonds. The lowest BCUT2D eigenvalue weighted by Crippen LogP contribution is -2.26. The van der Waals surface area contributed by atoms with Gasteiger partial charge in [-0.05, 0) is 12.1 Å². The summed E-state index contributed by atoms with van der Waals surface area (Å²) in [5.74, 6) is -1.39. The predicted octanol–water partition coefficient (Wildman–Crippen LogP) is 1.21. The van der Waals surface area contributed by atoms with Crippen LogP contribution in [0.3, 0.4) is 0 Å². The zero-order chi connectivity index (χ0) is 13.7. The molecule has 98 valence electrons. The van der Waals surface area contributed by atoms with Crippen molar-refractivity contribution in [1.82, 2.24) is 15.3 Å². The lowest BCUT2D eigenvalue weighted by atomic mass is 10.2. The van der Waals surface area contributed by atoms with Crippen LogP contribution in [0.2, 0.25) is 0 Å². The van der Waals surface area contributed by atoms with E-state index in [1.807, 2.05) is 5.38 Å². The highest BCUT2D eigenvalue weighted by atomic mass is 32.1. The molecule has 0 aromatic carbocycles. The molecule has 19 heavy (non-hydrogen) atoms. The van der Waals surface area contributed by atoms with Gasteiger partial charge in [0.2, 0.25) is 0 Å². The quantitative estimate of drug-likeness (QED) is 0.857. The van der Waals surface area contributed by atoms with Gasteiger partial charge >= 0.3 is 5.97 Å². The highest BCUT2D eigenvalue weighted by Gasteiger charge is 2.08. The number of rotatable bonds is 5. The Balaban J connectivity index is 1.87. The Morgan fingerprint density at radius 2 is 2.16 bits per heavy atom. The van der Waals surface area contributed by atoms with E-state index >= 15 is 0 Å². The van der Waals surface area contributed by atoms with Crippen molar-refractivity contribution < 1.29 is 14.7 Å². The third-order valence-corrected chi connectivity index (χ3v) is 3.03. The monoisotopic (exact) mass is 277 g/mol. The lowest BCUT2D eigenvalue weighted by molar-refractivity contribution is 0.0689. The van der Waals surface area contributed by atoms with E-state index in [1.165, 1.54) is 29.7 Å². The number of carbonyl (C=O) groups is 2. The van der Waals surface area contributed by atoms with Crippen LogP contribution < -0.4 is 5.32 Å². The molecule has 2 N–H and O–H groups in total. The molecule has 2 aromatic rings. The van der Waals surface area contributed by atoms with Gasteiger partial charge in [-0.1, -0.05) is 0 Å². The smallest absolute Gasteiger partial charge is 0.354 e. The van der Waals surface area contributed by atoms with Crippen LogP contribution in [-0.2, 0) is 6.42 Å². The van der Waals surface area contributed by atoms with Crippen molar-refractivity contribution in [3.05, 3.63) is 46.2 Å². The number of hydrogen-bond acceptors (Lipinski definition) is 5. The van der Waals surface area contributed by atoms with Gasteiger partial charge in [-0.15, -0.1) is 11.3 Å². The van der Waals surface area contributed by atoms with Gasteiger partial charge in [-0.25, -0.2) is 14.8 Å². The maximum absolute atomic E-state index is 11.7. The highest BCUT2D eigenvalue weighted by molar-refractivity contribution is 7.07. The Kier molecular flexibility index (Phi) is 4.19. The van der Waals surface area contributed by atoms with E-state index in [0.717, 1.165) is 5.69 Å². The van der Waals surface area contributed by atoms with E-state index in [1.54, 1.807) is 5.51 Å². The van der Waals surface area contributed by atoms with Crippen molar-refractivity contribution >= 4 is 23.2 Å². The fourth-order valence-corrected chi connectivity index (χ4v) is 2.01. The summed E-state index contributed by atoms with van der Waals surface area (Å²) < 4.78 is 0. The van der Waals surface area contributed by atoms with Crippen molar-refractivity contribution in [1.29, 1.82) is 0 Å². The van der Waals surface area contributed by atoms with Gasteiger partial charge in [0, 0.05) is 24.5 Å². The average molecular weight is 277 g/mol. The van der Waals surface area contributed by atoms with E-state index in [0.29, 0.717) is 18.5 Å². The molecule has 0 saturated carbocycles. The van der Waals surface area contributed by atoms with Gasteiger partial charge in [-0.2, -0.15) is 0 Å². The summed E-state index contributed by atoms with van der Waals surface area (Å²) in [4.78, 5) is 30.1. The van der Waals surface area contributed by atoms with Crippen LogP contribution in [0.5, 0.6) is 0 Å². The number of thiazole rings is 1. The Hall–Kier alpha value is -2.28. The van der Waals surface area contributed by atoms with Crippen molar-refractivity contribution in [3.8, 4) is 0 Å². The Morgan fingerprint density at radius 3 is 2.74 bits per heavy atom. The van der Waals surface area contributed by atoms with E-state index in [-0.39, 0.29) is 11.6 Å². The molecule has 2 rings (SSSR count). The predicted molar refractivity (Wildman–Crippen MR) is 69.3 cm³/mol. The number of hydrogen-bond donors (Lipinski definition) is 2. The number of amides is 1. The molecule has 0 aliphatic carbocycles. The van der Waals surface area contributed by atoms with E-state index in [2.05, 4.69) is 15.3 Å². The summed E-state index contributed by atoms with van der Waals surface area (Å²) in [5.41, 5.74) is 2.93. The molecule has 0 fully saturated rings. The fraction of sp³-hybridized carbons (Fsp3) is 0.167. The Bertz CT molecular complexity index is 566. The Morgan fingerprint density at radius 1 is 1.32 bits per heavy atom. The minimum absolute atomic E-state index is 0.0842. The van der Waals surface area contributed by atoms with Gasteiger partial charge in [-0.3, -0.25) is 4.79 Å². The van der Waals surface area contributed by atoms with E-state index in [4.69, 9.17) is 5.11 Å². The Labute approximate surface area is 113 Å². The number of carboxylic acids is 1. The minimum Gasteiger partial charge on any atom is -0.477 e. The van der Waals surface area contributed by atoms with Gasteiger partial charge in [0.05, 0.1) is 16.8 Å². The van der Waals surface area contributed by atoms with Crippen LogP contribution in [0.1, 0.15) is 26.5 Å². The first kappa shape index (κ1) is 13.2. The molecular weight excluding hydrogens is 266 g/mol. The second-order valence-electron chi connectivity index (χ2n) is 3.72. The first-order chi connectivity index (χ1) is 9.16. The third kappa shape index (κ3) is 3.59. The first-order valence-electron chi connectivity index (χ1n) is 5.51. The summed E-state index contributed by atoms with van der Waals surface area (Å²) in [7, 11) is 0. The SMILES string of the molecule is O=C(NCCc1cscn1)c1ccc(C(=O)O)nc1. The molecule has 2 heterocycles. The number of pyridine rings is 1. The van der Waals surface area contributed by atoms with Gasteiger partial charge in [0.25, 0.3) is 5.91 Å². The second kappa shape index (κ2) is 6.05. The standard InChI is InChI=1S/C12H11N3O3S/c16-11(13-4-3-9-6-19-7-15-9)8-1-2-10(12(17)18)14-5-8/h1-2,5-7H,3-4H2,(H,13,16)(H,17,18). The van der Waals surface area contributed by atoms with Crippen LogP contribution in [0.15, 0.2) is 29.2 Å². The van der Waals surface area contributed by atoms with Crippen LogP contribution in [0, 0.1) is 0 Å². The lowest BCUT2D eigenvalue weighted by Gasteiger charge is -2.03. The molecule has 0 atom stereocenters. The molecular formula is C12H11N3O3S. The molecule has 0 aliphatic rings. The minimum atomic E-state index is -1.12. The van der Waals surface area contributed by atoms with E-state index in [9.17, 15) is 9.59 Å². The molecule has 0 spiro atoms. The zero-order valence-corrected chi connectivity index (χ0v) is 10.7. The third-order valence-electron chi connectivity index (χ3n) is 2.39. The number of aromatic carboxylic acids is 1. The maximum atomic E-state index is 11.7. The molecule has 6 nitrogen and oxygen atoms in total. The van der Waals surface area contributed by atoms with Gasteiger partial charge in [0.1, 0.15) is 5.69 Å². The number of carbonyl (C=O) groups excluding carboxylic acids is 1. The van der Waals surface area contributed by atoms with Crippen LogP contribution in [-0.4, -0.2) is 33.5 Å². The molecule has 0 aliphatic heterocycles. The largest absolute Gasteiger partial charge is 0.477 e. The zero-order valence-electron chi connectivity index (χ0n) is 9.87. The number of nitrogens with one attached hydrogen (secondary N) is 1. The molecule has 0 saturated heterocycles. The molecule has 0 unspecified atom stereocenters. The van der Waals surface area contributed by atoms with E-state index < -0.39 is 5.97 Å². The van der Waals surface area contributed by atoms with Crippen molar-refractivity contribution in [2.45, 2.75) is 6.42 Å². The molecule has 7 heteroatoms. The number of carboxylic acid groups (broad SMARTS) is 1. The second-order valence-corrected chi connectivity index (χ2v) is 4.44. The van der Waals surface area contributed by atoms with Crippen LogP contribution in [0.4, 0.5) is 0 Å². The van der Waals surface area contributed by atoms with Gasteiger partial charge < -0.3 is 10.4 Å². The maximum Gasteiger partial charge on any atom is 0.354 e. The summed E-state index contributed by atoms with van der Waals surface area (Å²) in [6, 6.07) is 2.74. The summed E-state index contributed by atoms with van der Waals surface area (Å²) in [6.07, 6.45) is 1.91. The summed E-state index contributed by atoms with van der Waals surface area (Å²) in [6.45, 7) is 0.475. The van der Waals surface area contributed by atoms with Gasteiger partial charge in [0.15, 0.2) is 0 Å². The fourth-order valence-electron chi connectivity index (χ4n) is 1.42. The summed E-state index contributed by atoms with van der Waals surface area (Å²) in [5, 5.41) is 13.3. The van der Waals surface area contributed by atoms with Crippen LogP contribution >= 0.6 is 11.3 Å². The topological polar surface area (TPSA) is 92.2 Å². The van der Waals surface area contributed by atoms with Crippen molar-refractivity contribution in [3.63, 3.8) is 0 Å². The molecule has 2 aromatic heterocycles. The van der Waals surface area contributed by atoms with Crippen molar-refractivity contribution in [2.75, 3.05) is 6.54 Å². The number of nitrogens with zero attached hydrogens (tertiary/aromatic N) is 2. The molecule has 0 bridgehead atoms. The highest BCUT2D eigenvalue weighted by Crippen LogP contribution is 2.02. The molecule has 0 radical (unpaired) electrons. The average Bonchev–Trinajstić information content (AvgIpc) is 2.92. The first-order valence-corrected chi connectivity index (χ1v) is 6.45. The normalized spacial score (nSPS) is 10.1. The number of aromatic nitrogens is 2. The van der Waals surface area contributed by atoms with Crippen molar-refractivity contribution in [2.24, 2.45) is 0 Å². The summed E-state index contributed by atoms with van der Waals surface area (Å²) >= 11 is 1.51. The van der Waals surface area contributed by atoms with Crippen LogP contribution in [0.25, 0.3) is 0 Å².